The highest BCUT2D eigenvalue weighted by atomic mass is 19.1. The number of halogens is 1. The number of ether oxygens (including phenoxy) is 1. The highest BCUT2D eigenvalue weighted by Gasteiger charge is 2.28. The Balaban J connectivity index is 2.12. The molecule has 1 aliphatic rings. The zero-order valence-electron chi connectivity index (χ0n) is 12.8. The molecular formula is C19H21FO2. The van der Waals surface area contributed by atoms with E-state index in [2.05, 4.69) is 13.0 Å². The third kappa shape index (κ3) is 3.14. The van der Waals surface area contributed by atoms with Crippen LogP contribution in [-0.2, 0) is 6.61 Å². The molecule has 2 aromatic rings. The monoisotopic (exact) mass is 300 g/mol. The fourth-order valence-corrected chi connectivity index (χ4v) is 2.76. The van der Waals surface area contributed by atoms with Crippen molar-refractivity contribution >= 4 is 0 Å². The van der Waals surface area contributed by atoms with Crippen molar-refractivity contribution in [3.63, 3.8) is 0 Å². The van der Waals surface area contributed by atoms with Gasteiger partial charge in [0.1, 0.15) is 11.6 Å². The first kappa shape index (κ1) is 15.0. The number of aliphatic hydroxyl groups excluding tert-OH is 1. The zero-order chi connectivity index (χ0) is 15.5. The van der Waals surface area contributed by atoms with Crippen molar-refractivity contribution < 1.29 is 14.2 Å². The fourth-order valence-electron chi connectivity index (χ4n) is 2.76. The van der Waals surface area contributed by atoms with Crippen molar-refractivity contribution in [2.24, 2.45) is 0 Å². The molecule has 1 saturated carbocycles. The highest BCUT2D eigenvalue weighted by Crippen LogP contribution is 2.48. The quantitative estimate of drug-likeness (QED) is 0.841. The molecule has 0 bridgehead atoms. The van der Waals surface area contributed by atoms with Crippen LogP contribution in [0.1, 0.15) is 43.2 Å². The summed E-state index contributed by atoms with van der Waals surface area (Å²) in [7, 11) is 0. The molecule has 0 radical (unpaired) electrons. The van der Waals surface area contributed by atoms with Crippen molar-refractivity contribution in [3.8, 4) is 16.9 Å². The molecule has 3 heteroatoms. The number of rotatable bonds is 6. The standard InChI is InChI=1S/C19H21FO2/c1-2-9-22-18-11-13(12-21)10-17(14-3-4-14)19(18)15-5-7-16(20)8-6-15/h5-8,10-11,14,21H,2-4,9,12H2,1H3. The second-order valence-corrected chi connectivity index (χ2v) is 5.85. The Morgan fingerprint density at radius 2 is 1.91 bits per heavy atom. The van der Waals surface area contributed by atoms with Gasteiger partial charge in [0.2, 0.25) is 0 Å². The maximum absolute atomic E-state index is 13.2. The van der Waals surface area contributed by atoms with Gasteiger partial charge in [-0.3, -0.25) is 0 Å². The lowest BCUT2D eigenvalue weighted by Crippen LogP contribution is -2.01. The van der Waals surface area contributed by atoms with E-state index in [0.717, 1.165) is 41.7 Å². The van der Waals surface area contributed by atoms with Crippen LogP contribution in [0.4, 0.5) is 4.39 Å². The van der Waals surface area contributed by atoms with E-state index in [0.29, 0.717) is 12.5 Å². The fraction of sp³-hybridized carbons (Fsp3) is 0.368. The number of hydrogen-bond acceptors (Lipinski definition) is 2. The third-order valence-corrected chi connectivity index (χ3v) is 3.99. The Hall–Kier alpha value is -1.87. The van der Waals surface area contributed by atoms with E-state index in [1.165, 1.54) is 17.7 Å². The Morgan fingerprint density at radius 1 is 1.18 bits per heavy atom. The first-order valence-corrected chi connectivity index (χ1v) is 7.89. The van der Waals surface area contributed by atoms with Crippen LogP contribution < -0.4 is 4.74 Å². The van der Waals surface area contributed by atoms with E-state index in [9.17, 15) is 9.50 Å². The van der Waals surface area contributed by atoms with Gasteiger partial charge < -0.3 is 9.84 Å². The maximum Gasteiger partial charge on any atom is 0.127 e. The van der Waals surface area contributed by atoms with E-state index in [1.54, 1.807) is 12.1 Å². The average molecular weight is 300 g/mol. The largest absolute Gasteiger partial charge is 0.493 e. The summed E-state index contributed by atoms with van der Waals surface area (Å²) in [6, 6.07) is 10.5. The second-order valence-electron chi connectivity index (χ2n) is 5.85. The summed E-state index contributed by atoms with van der Waals surface area (Å²) in [5, 5.41) is 9.51. The molecule has 22 heavy (non-hydrogen) atoms. The van der Waals surface area contributed by atoms with Gasteiger partial charge in [0.05, 0.1) is 13.2 Å². The van der Waals surface area contributed by atoms with Gasteiger partial charge in [-0.25, -0.2) is 4.39 Å². The van der Waals surface area contributed by atoms with Crippen molar-refractivity contribution in [2.75, 3.05) is 6.61 Å². The summed E-state index contributed by atoms with van der Waals surface area (Å²) in [6.07, 6.45) is 3.25. The van der Waals surface area contributed by atoms with E-state index in [4.69, 9.17) is 4.74 Å². The predicted molar refractivity (Wildman–Crippen MR) is 85.5 cm³/mol. The molecule has 0 aromatic heterocycles. The molecule has 0 aliphatic heterocycles. The average Bonchev–Trinajstić information content (AvgIpc) is 3.38. The third-order valence-electron chi connectivity index (χ3n) is 3.99. The van der Waals surface area contributed by atoms with Gasteiger partial charge in [0, 0.05) is 5.56 Å². The summed E-state index contributed by atoms with van der Waals surface area (Å²) in [5.74, 6) is 1.08. The molecule has 0 saturated heterocycles. The maximum atomic E-state index is 13.2. The van der Waals surface area contributed by atoms with Gasteiger partial charge in [-0.1, -0.05) is 25.1 Å². The number of benzene rings is 2. The van der Waals surface area contributed by atoms with Crippen LogP contribution >= 0.6 is 0 Å². The van der Waals surface area contributed by atoms with Crippen molar-refractivity contribution in [1.29, 1.82) is 0 Å². The van der Waals surface area contributed by atoms with Gasteiger partial charge in [-0.15, -0.1) is 0 Å². The van der Waals surface area contributed by atoms with Crippen molar-refractivity contribution in [3.05, 3.63) is 53.3 Å². The molecule has 1 fully saturated rings. The van der Waals surface area contributed by atoms with Crippen LogP contribution in [0.3, 0.4) is 0 Å². The lowest BCUT2D eigenvalue weighted by Gasteiger charge is -2.17. The second kappa shape index (κ2) is 6.49. The molecule has 1 N–H and O–H groups in total. The van der Waals surface area contributed by atoms with Crippen molar-refractivity contribution in [1.82, 2.24) is 0 Å². The molecule has 0 heterocycles. The van der Waals surface area contributed by atoms with E-state index >= 15 is 0 Å². The SMILES string of the molecule is CCCOc1cc(CO)cc(C2CC2)c1-c1ccc(F)cc1. The molecule has 116 valence electrons. The summed E-state index contributed by atoms with van der Waals surface area (Å²) in [6.45, 7) is 2.70. The Bertz CT molecular complexity index is 645. The minimum Gasteiger partial charge on any atom is -0.493 e. The van der Waals surface area contributed by atoms with Gasteiger partial charge in [-0.2, -0.15) is 0 Å². The topological polar surface area (TPSA) is 29.5 Å². The summed E-state index contributed by atoms with van der Waals surface area (Å²) in [5.41, 5.74) is 4.11. The smallest absolute Gasteiger partial charge is 0.127 e. The van der Waals surface area contributed by atoms with Gasteiger partial charge in [0.25, 0.3) is 0 Å². The first-order valence-electron chi connectivity index (χ1n) is 7.89. The van der Waals surface area contributed by atoms with Crippen LogP contribution in [0, 0.1) is 5.82 Å². The summed E-state index contributed by atoms with van der Waals surface area (Å²) < 4.78 is 19.2. The molecule has 0 spiro atoms. The lowest BCUT2D eigenvalue weighted by molar-refractivity contribution is 0.279. The van der Waals surface area contributed by atoms with Gasteiger partial charge in [0.15, 0.2) is 0 Å². The zero-order valence-corrected chi connectivity index (χ0v) is 12.8. The number of hydrogen-bond donors (Lipinski definition) is 1. The molecule has 0 atom stereocenters. The Morgan fingerprint density at radius 3 is 2.50 bits per heavy atom. The minimum atomic E-state index is -0.236. The van der Waals surface area contributed by atoms with E-state index < -0.39 is 0 Å². The minimum absolute atomic E-state index is 0.00586. The molecule has 0 amide bonds. The van der Waals surface area contributed by atoms with Crippen LogP contribution in [0.5, 0.6) is 5.75 Å². The molecule has 2 nitrogen and oxygen atoms in total. The molecule has 2 aromatic carbocycles. The molecular weight excluding hydrogens is 279 g/mol. The summed E-state index contributed by atoms with van der Waals surface area (Å²) >= 11 is 0. The Kier molecular flexibility index (Phi) is 4.44. The van der Waals surface area contributed by atoms with E-state index in [1.807, 2.05) is 6.07 Å². The lowest BCUT2D eigenvalue weighted by atomic mass is 9.93. The Labute approximate surface area is 130 Å². The molecule has 3 rings (SSSR count). The van der Waals surface area contributed by atoms with Crippen LogP contribution in [0.25, 0.3) is 11.1 Å². The van der Waals surface area contributed by atoms with Gasteiger partial charge >= 0.3 is 0 Å². The van der Waals surface area contributed by atoms with Crippen LogP contribution in [0.15, 0.2) is 36.4 Å². The highest BCUT2D eigenvalue weighted by molar-refractivity contribution is 5.76. The normalized spacial score (nSPS) is 14.1. The summed E-state index contributed by atoms with van der Waals surface area (Å²) in [4.78, 5) is 0. The van der Waals surface area contributed by atoms with Crippen LogP contribution in [0.2, 0.25) is 0 Å². The van der Waals surface area contributed by atoms with Gasteiger partial charge in [-0.05, 0) is 60.1 Å². The van der Waals surface area contributed by atoms with E-state index in [-0.39, 0.29) is 12.4 Å². The molecule has 0 unspecified atom stereocenters. The predicted octanol–water partition coefficient (Wildman–Crippen LogP) is 4.65. The molecule has 1 aliphatic carbocycles. The van der Waals surface area contributed by atoms with Crippen molar-refractivity contribution in [2.45, 2.75) is 38.7 Å². The number of aliphatic hydroxyl groups is 1. The van der Waals surface area contributed by atoms with Crippen LogP contribution in [-0.4, -0.2) is 11.7 Å². The first-order chi connectivity index (χ1) is 10.7.